The van der Waals surface area contributed by atoms with Crippen LogP contribution in [0.3, 0.4) is 0 Å². The molecule has 1 heterocycles. The summed E-state index contributed by atoms with van der Waals surface area (Å²) in [5.74, 6) is -0.0320. The first-order valence-corrected chi connectivity index (χ1v) is 5.86. The van der Waals surface area contributed by atoms with Gasteiger partial charge in [-0.3, -0.25) is 4.79 Å². The minimum absolute atomic E-state index is 0.0320. The summed E-state index contributed by atoms with van der Waals surface area (Å²) in [6, 6.07) is 6.92. The Morgan fingerprint density at radius 2 is 2.11 bits per heavy atom. The lowest BCUT2D eigenvalue weighted by molar-refractivity contribution is -0.117. The van der Waals surface area contributed by atoms with Crippen molar-refractivity contribution in [3.05, 3.63) is 53.6 Å². The molecular weight excluding hydrogens is 250 g/mol. The van der Waals surface area contributed by atoms with Gasteiger partial charge in [-0.2, -0.15) is 5.10 Å². The number of carbonyl (C=O) groups is 1. The first-order chi connectivity index (χ1) is 8.66. The molecule has 0 radical (unpaired) electrons. The van der Waals surface area contributed by atoms with E-state index in [0.29, 0.717) is 5.02 Å². The van der Waals surface area contributed by atoms with E-state index < -0.39 is 0 Å². The lowest BCUT2D eigenvalue weighted by Crippen LogP contribution is -2.14. The predicted octanol–water partition coefficient (Wildman–Crippen LogP) is 2.78. The fourth-order valence-corrected chi connectivity index (χ4v) is 1.57. The van der Waals surface area contributed by atoms with Crippen molar-refractivity contribution in [1.82, 2.24) is 14.8 Å². The van der Waals surface area contributed by atoms with Gasteiger partial charge in [0, 0.05) is 5.02 Å². The molecule has 0 aliphatic heterocycles. The highest BCUT2D eigenvalue weighted by atomic mass is 35.5. The Kier molecular flexibility index (Phi) is 3.89. The lowest BCUT2D eigenvalue weighted by Gasteiger charge is -2.06. The summed E-state index contributed by atoms with van der Waals surface area (Å²) in [5, 5.41) is 4.61. The van der Waals surface area contributed by atoms with Gasteiger partial charge in [-0.1, -0.05) is 29.8 Å². The molecule has 0 amide bonds. The van der Waals surface area contributed by atoms with E-state index in [2.05, 4.69) is 10.1 Å². The van der Waals surface area contributed by atoms with Crippen molar-refractivity contribution in [2.75, 3.05) is 0 Å². The number of aromatic nitrogens is 3. The summed E-state index contributed by atoms with van der Waals surface area (Å²) in [5.41, 5.74) is 0.929. The van der Waals surface area contributed by atoms with Crippen molar-refractivity contribution in [2.24, 2.45) is 0 Å². The van der Waals surface area contributed by atoms with Crippen LogP contribution >= 0.6 is 11.6 Å². The first kappa shape index (κ1) is 12.5. The van der Waals surface area contributed by atoms with E-state index in [1.807, 2.05) is 12.1 Å². The molecule has 5 heteroatoms. The Morgan fingerprint density at radius 1 is 1.39 bits per heavy atom. The van der Waals surface area contributed by atoms with Gasteiger partial charge < -0.3 is 0 Å². The van der Waals surface area contributed by atoms with Gasteiger partial charge in [0.15, 0.2) is 5.78 Å². The second-order valence-corrected chi connectivity index (χ2v) is 4.28. The summed E-state index contributed by atoms with van der Waals surface area (Å²) in [6.45, 7) is 1.78. The fraction of sp³-hybridized carbons (Fsp3) is 0.154. The molecule has 0 saturated heterocycles. The van der Waals surface area contributed by atoms with Crippen LogP contribution in [-0.4, -0.2) is 20.5 Å². The average molecular weight is 262 g/mol. The maximum absolute atomic E-state index is 11.9. The zero-order chi connectivity index (χ0) is 13.0. The molecule has 1 aromatic carbocycles. The van der Waals surface area contributed by atoms with Crippen LogP contribution in [0.4, 0.5) is 0 Å². The SMILES string of the molecule is CC(C(=O)C=Cc1ccc(Cl)cc1)n1cncn1. The minimum atomic E-state index is -0.351. The van der Waals surface area contributed by atoms with Crippen molar-refractivity contribution in [3.63, 3.8) is 0 Å². The summed E-state index contributed by atoms with van der Waals surface area (Å²) < 4.78 is 1.52. The van der Waals surface area contributed by atoms with Gasteiger partial charge in [-0.05, 0) is 30.7 Å². The molecule has 92 valence electrons. The number of hydrogen-bond donors (Lipinski definition) is 0. The van der Waals surface area contributed by atoms with Gasteiger partial charge >= 0.3 is 0 Å². The monoisotopic (exact) mass is 261 g/mol. The standard InChI is InChI=1S/C13H12ClN3O/c1-10(17-9-15-8-16-17)13(18)7-4-11-2-5-12(14)6-3-11/h2-10H,1H3. The van der Waals surface area contributed by atoms with E-state index in [1.54, 1.807) is 25.1 Å². The molecule has 0 aliphatic carbocycles. The molecule has 18 heavy (non-hydrogen) atoms. The molecule has 2 aromatic rings. The van der Waals surface area contributed by atoms with Crippen LogP contribution in [0.2, 0.25) is 5.02 Å². The van der Waals surface area contributed by atoms with E-state index in [-0.39, 0.29) is 11.8 Å². The molecular formula is C13H12ClN3O. The maximum atomic E-state index is 11.9. The molecule has 1 unspecified atom stereocenters. The summed E-state index contributed by atoms with van der Waals surface area (Å²) in [6.07, 6.45) is 6.23. The van der Waals surface area contributed by atoms with Gasteiger partial charge in [-0.15, -0.1) is 0 Å². The molecule has 1 atom stereocenters. The van der Waals surface area contributed by atoms with Crippen molar-refractivity contribution in [1.29, 1.82) is 0 Å². The van der Waals surface area contributed by atoms with Crippen LogP contribution in [0, 0.1) is 0 Å². The van der Waals surface area contributed by atoms with Crippen LogP contribution in [0.5, 0.6) is 0 Å². The lowest BCUT2D eigenvalue weighted by atomic mass is 10.1. The van der Waals surface area contributed by atoms with E-state index >= 15 is 0 Å². The third-order valence-electron chi connectivity index (χ3n) is 2.56. The van der Waals surface area contributed by atoms with Crippen LogP contribution in [0.15, 0.2) is 43.0 Å². The number of hydrogen-bond acceptors (Lipinski definition) is 3. The predicted molar refractivity (Wildman–Crippen MR) is 70.2 cm³/mol. The fourth-order valence-electron chi connectivity index (χ4n) is 1.44. The topological polar surface area (TPSA) is 47.8 Å². The quantitative estimate of drug-likeness (QED) is 0.795. The second kappa shape index (κ2) is 5.60. The highest BCUT2D eigenvalue weighted by Crippen LogP contribution is 2.12. The molecule has 2 rings (SSSR count). The largest absolute Gasteiger partial charge is 0.292 e. The van der Waals surface area contributed by atoms with Crippen molar-refractivity contribution < 1.29 is 4.79 Å². The minimum Gasteiger partial charge on any atom is -0.292 e. The van der Waals surface area contributed by atoms with E-state index in [0.717, 1.165) is 5.56 Å². The van der Waals surface area contributed by atoms with Crippen molar-refractivity contribution in [3.8, 4) is 0 Å². The number of carbonyl (C=O) groups excluding carboxylic acids is 1. The second-order valence-electron chi connectivity index (χ2n) is 3.84. The van der Waals surface area contributed by atoms with Gasteiger partial charge in [0.25, 0.3) is 0 Å². The van der Waals surface area contributed by atoms with Crippen molar-refractivity contribution >= 4 is 23.5 Å². The van der Waals surface area contributed by atoms with E-state index in [9.17, 15) is 4.79 Å². The number of rotatable bonds is 4. The number of ketones is 1. The molecule has 0 N–H and O–H groups in total. The van der Waals surface area contributed by atoms with E-state index in [1.165, 1.54) is 23.4 Å². The Labute approximate surface area is 110 Å². The Bertz CT molecular complexity index is 546. The maximum Gasteiger partial charge on any atom is 0.179 e. The molecule has 0 fully saturated rings. The average Bonchev–Trinajstić information content (AvgIpc) is 2.90. The molecule has 0 bridgehead atoms. The number of allylic oxidation sites excluding steroid dienone is 1. The highest BCUT2D eigenvalue weighted by molar-refractivity contribution is 6.30. The van der Waals surface area contributed by atoms with Gasteiger partial charge in [0.05, 0.1) is 0 Å². The van der Waals surface area contributed by atoms with Gasteiger partial charge in [0.2, 0.25) is 0 Å². The van der Waals surface area contributed by atoms with Gasteiger partial charge in [0.1, 0.15) is 18.7 Å². The Morgan fingerprint density at radius 3 is 2.72 bits per heavy atom. The summed E-state index contributed by atoms with van der Waals surface area (Å²) in [4.78, 5) is 15.7. The third-order valence-corrected chi connectivity index (χ3v) is 2.81. The van der Waals surface area contributed by atoms with Crippen LogP contribution in [-0.2, 0) is 4.79 Å². The Hall–Kier alpha value is -1.94. The smallest absolute Gasteiger partial charge is 0.179 e. The zero-order valence-corrected chi connectivity index (χ0v) is 10.6. The molecule has 0 spiro atoms. The number of benzene rings is 1. The molecule has 4 nitrogen and oxygen atoms in total. The summed E-state index contributed by atoms with van der Waals surface area (Å²) >= 11 is 5.78. The molecule has 0 saturated carbocycles. The zero-order valence-electron chi connectivity index (χ0n) is 9.82. The van der Waals surface area contributed by atoms with Crippen molar-refractivity contribution in [2.45, 2.75) is 13.0 Å². The van der Waals surface area contributed by atoms with E-state index in [4.69, 9.17) is 11.6 Å². The Balaban J connectivity index is 2.05. The number of halogens is 1. The number of nitrogens with zero attached hydrogens (tertiary/aromatic N) is 3. The normalized spacial score (nSPS) is 12.8. The van der Waals surface area contributed by atoms with Gasteiger partial charge in [-0.25, -0.2) is 9.67 Å². The molecule has 1 aromatic heterocycles. The van der Waals surface area contributed by atoms with Crippen LogP contribution < -0.4 is 0 Å². The highest BCUT2D eigenvalue weighted by Gasteiger charge is 2.11. The first-order valence-electron chi connectivity index (χ1n) is 5.48. The van der Waals surface area contributed by atoms with Crippen LogP contribution in [0.25, 0.3) is 6.08 Å². The third kappa shape index (κ3) is 3.05. The molecule has 0 aliphatic rings. The summed E-state index contributed by atoms with van der Waals surface area (Å²) in [7, 11) is 0. The van der Waals surface area contributed by atoms with Crippen LogP contribution in [0.1, 0.15) is 18.5 Å².